The van der Waals surface area contributed by atoms with Gasteiger partial charge in [-0.2, -0.15) is 0 Å². The molecule has 1 saturated carbocycles. The first-order valence-corrected chi connectivity index (χ1v) is 7.53. The van der Waals surface area contributed by atoms with Crippen LogP contribution in [-0.4, -0.2) is 16.5 Å². The number of benzene rings is 1. The molecule has 1 N–H and O–H groups in total. The van der Waals surface area contributed by atoms with Crippen molar-refractivity contribution in [2.24, 2.45) is 0 Å². The van der Waals surface area contributed by atoms with Gasteiger partial charge in [0.05, 0.1) is 5.69 Å². The molecule has 1 aliphatic carbocycles. The van der Waals surface area contributed by atoms with Crippen LogP contribution in [0.25, 0.3) is 11.3 Å². The standard InChI is InChI=1S/C16H18ClN3/c1-2-9-18-15-10-14(11-5-7-13(17)8-6-11)19-16(20-15)12-3-4-12/h5-8,10,12H,2-4,9H2,1H3,(H,18,19,20). The molecule has 0 unspecified atom stereocenters. The first-order chi connectivity index (χ1) is 9.76. The third kappa shape index (κ3) is 3.10. The van der Waals surface area contributed by atoms with E-state index in [9.17, 15) is 0 Å². The van der Waals surface area contributed by atoms with E-state index in [0.717, 1.165) is 40.9 Å². The van der Waals surface area contributed by atoms with E-state index in [2.05, 4.69) is 17.2 Å². The Kier molecular flexibility index (Phi) is 3.88. The normalized spacial score (nSPS) is 14.3. The summed E-state index contributed by atoms with van der Waals surface area (Å²) in [7, 11) is 0. The zero-order valence-electron chi connectivity index (χ0n) is 11.6. The maximum atomic E-state index is 5.95. The van der Waals surface area contributed by atoms with Crippen molar-refractivity contribution < 1.29 is 0 Å². The van der Waals surface area contributed by atoms with Gasteiger partial charge in [0.2, 0.25) is 0 Å². The molecule has 1 aliphatic rings. The van der Waals surface area contributed by atoms with Gasteiger partial charge >= 0.3 is 0 Å². The van der Waals surface area contributed by atoms with Crippen LogP contribution in [0.2, 0.25) is 5.02 Å². The molecule has 3 nitrogen and oxygen atoms in total. The summed E-state index contributed by atoms with van der Waals surface area (Å²) in [4.78, 5) is 9.34. The van der Waals surface area contributed by atoms with Crippen LogP contribution in [0.15, 0.2) is 30.3 Å². The summed E-state index contributed by atoms with van der Waals surface area (Å²) in [5.74, 6) is 2.44. The predicted octanol–water partition coefficient (Wildman–Crippen LogP) is 4.50. The van der Waals surface area contributed by atoms with Gasteiger partial charge in [0.15, 0.2) is 0 Å². The molecule has 0 atom stereocenters. The third-order valence-corrected chi connectivity index (χ3v) is 3.63. The molecule has 104 valence electrons. The van der Waals surface area contributed by atoms with Crippen molar-refractivity contribution >= 4 is 17.4 Å². The van der Waals surface area contributed by atoms with Crippen LogP contribution in [0.1, 0.15) is 37.9 Å². The summed E-state index contributed by atoms with van der Waals surface area (Å²) in [6, 6.07) is 9.82. The highest BCUT2D eigenvalue weighted by molar-refractivity contribution is 6.30. The highest BCUT2D eigenvalue weighted by Gasteiger charge is 2.27. The van der Waals surface area contributed by atoms with E-state index in [-0.39, 0.29) is 0 Å². The van der Waals surface area contributed by atoms with E-state index >= 15 is 0 Å². The molecule has 0 saturated heterocycles. The van der Waals surface area contributed by atoms with Crippen molar-refractivity contribution in [1.82, 2.24) is 9.97 Å². The minimum Gasteiger partial charge on any atom is -0.370 e. The summed E-state index contributed by atoms with van der Waals surface area (Å²) in [6.07, 6.45) is 3.49. The van der Waals surface area contributed by atoms with Gasteiger partial charge in [-0.05, 0) is 31.4 Å². The second-order valence-electron chi connectivity index (χ2n) is 5.20. The number of hydrogen-bond acceptors (Lipinski definition) is 3. The van der Waals surface area contributed by atoms with Gasteiger partial charge < -0.3 is 5.32 Å². The van der Waals surface area contributed by atoms with Crippen LogP contribution >= 0.6 is 11.6 Å². The first kappa shape index (κ1) is 13.4. The second kappa shape index (κ2) is 5.80. The van der Waals surface area contributed by atoms with E-state index in [0.29, 0.717) is 5.92 Å². The van der Waals surface area contributed by atoms with Gasteiger partial charge in [0.1, 0.15) is 11.6 Å². The average molecular weight is 288 g/mol. The molecule has 1 aromatic heterocycles. The number of aromatic nitrogens is 2. The fraction of sp³-hybridized carbons (Fsp3) is 0.375. The van der Waals surface area contributed by atoms with Gasteiger partial charge in [-0.15, -0.1) is 0 Å². The molecular weight excluding hydrogens is 270 g/mol. The Labute approximate surface area is 124 Å². The summed E-state index contributed by atoms with van der Waals surface area (Å²) >= 11 is 5.95. The molecule has 1 aromatic carbocycles. The monoisotopic (exact) mass is 287 g/mol. The Bertz CT molecular complexity index is 591. The predicted molar refractivity (Wildman–Crippen MR) is 83.2 cm³/mol. The third-order valence-electron chi connectivity index (χ3n) is 3.38. The van der Waals surface area contributed by atoms with Gasteiger partial charge in [0.25, 0.3) is 0 Å². The van der Waals surface area contributed by atoms with Crippen LogP contribution in [0.3, 0.4) is 0 Å². The second-order valence-corrected chi connectivity index (χ2v) is 5.64. The maximum absolute atomic E-state index is 5.95. The van der Waals surface area contributed by atoms with Crippen LogP contribution in [0.4, 0.5) is 5.82 Å². The van der Waals surface area contributed by atoms with Crippen molar-refractivity contribution in [1.29, 1.82) is 0 Å². The van der Waals surface area contributed by atoms with E-state index in [4.69, 9.17) is 16.6 Å². The van der Waals surface area contributed by atoms with Crippen molar-refractivity contribution in [2.75, 3.05) is 11.9 Å². The highest BCUT2D eigenvalue weighted by Crippen LogP contribution is 2.39. The molecule has 1 heterocycles. The van der Waals surface area contributed by atoms with Gasteiger partial charge in [0, 0.05) is 29.1 Å². The maximum Gasteiger partial charge on any atom is 0.134 e. The Morgan fingerprint density at radius 1 is 1.20 bits per heavy atom. The largest absolute Gasteiger partial charge is 0.370 e. The fourth-order valence-corrected chi connectivity index (χ4v) is 2.23. The van der Waals surface area contributed by atoms with Gasteiger partial charge in [-0.3, -0.25) is 0 Å². The molecule has 0 spiro atoms. The van der Waals surface area contributed by atoms with Crippen molar-refractivity contribution in [2.45, 2.75) is 32.1 Å². The zero-order chi connectivity index (χ0) is 13.9. The van der Waals surface area contributed by atoms with Gasteiger partial charge in [-0.1, -0.05) is 30.7 Å². The average Bonchev–Trinajstić information content (AvgIpc) is 3.30. The lowest BCUT2D eigenvalue weighted by Crippen LogP contribution is -2.05. The Morgan fingerprint density at radius 2 is 1.95 bits per heavy atom. The van der Waals surface area contributed by atoms with Crippen molar-refractivity contribution in [3.05, 3.63) is 41.2 Å². The zero-order valence-corrected chi connectivity index (χ0v) is 12.3. The molecule has 4 heteroatoms. The molecule has 2 aromatic rings. The minimum atomic E-state index is 0.546. The smallest absolute Gasteiger partial charge is 0.134 e. The van der Waals surface area contributed by atoms with Crippen LogP contribution in [-0.2, 0) is 0 Å². The Morgan fingerprint density at radius 3 is 2.60 bits per heavy atom. The molecule has 3 rings (SSSR count). The lowest BCUT2D eigenvalue weighted by atomic mass is 10.1. The number of rotatable bonds is 5. The van der Waals surface area contributed by atoms with Gasteiger partial charge in [-0.25, -0.2) is 9.97 Å². The molecular formula is C16H18ClN3. The SMILES string of the molecule is CCCNc1cc(-c2ccc(Cl)cc2)nc(C2CC2)n1. The van der Waals surface area contributed by atoms with Crippen LogP contribution < -0.4 is 5.32 Å². The van der Waals surface area contributed by atoms with Crippen LogP contribution in [0, 0.1) is 0 Å². The molecule has 1 fully saturated rings. The fourth-order valence-electron chi connectivity index (χ4n) is 2.10. The number of nitrogens with zero attached hydrogens (tertiary/aromatic N) is 2. The van der Waals surface area contributed by atoms with Crippen LogP contribution in [0.5, 0.6) is 0 Å². The Hall–Kier alpha value is -1.61. The number of hydrogen-bond donors (Lipinski definition) is 1. The molecule has 0 bridgehead atoms. The van der Waals surface area contributed by atoms with Crippen molar-refractivity contribution in [3.8, 4) is 11.3 Å². The number of halogens is 1. The van der Waals surface area contributed by atoms with E-state index in [1.54, 1.807) is 0 Å². The first-order valence-electron chi connectivity index (χ1n) is 7.15. The Balaban J connectivity index is 1.95. The molecule has 0 aliphatic heterocycles. The van der Waals surface area contributed by atoms with E-state index in [1.807, 2.05) is 30.3 Å². The topological polar surface area (TPSA) is 37.8 Å². The summed E-state index contributed by atoms with van der Waals surface area (Å²) in [5.41, 5.74) is 2.05. The summed E-state index contributed by atoms with van der Waals surface area (Å²) in [6.45, 7) is 3.08. The number of anilines is 1. The number of nitrogens with one attached hydrogen (secondary N) is 1. The molecule has 20 heavy (non-hydrogen) atoms. The lowest BCUT2D eigenvalue weighted by molar-refractivity contribution is 0.911. The summed E-state index contributed by atoms with van der Waals surface area (Å²) < 4.78 is 0. The van der Waals surface area contributed by atoms with E-state index in [1.165, 1.54) is 12.8 Å². The summed E-state index contributed by atoms with van der Waals surface area (Å²) in [5, 5.41) is 4.11. The lowest BCUT2D eigenvalue weighted by Gasteiger charge is -2.09. The molecule has 0 amide bonds. The molecule has 0 radical (unpaired) electrons. The highest BCUT2D eigenvalue weighted by atomic mass is 35.5. The van der Waals surface area contributed by atoms with E-state index < -0.39 is 0 Å². The quantitative estimate of drug-likeness (QED) is 0.880. The van der Waals surface area contributed by atoms with Crippen molar-refractivity contribution in [3.63, 3.8) is 0 Å². The minimum absolute atomic E-state index is 0.546.